The van der Waals surface area contributed by atoms with Crippen molar-refractivity contribution < 1.29 is 19.4 Å². The molecule has 3 N–H and O–H groups in total. The number of hydrogen-bond donors (Lipinski definition) is 3. The summed E-state index contributed by atoms with van der Waals surface area (Å²) in [6.45, 7) is 3.39. The number of carbonyl (C=O) groups is 1. The number of aliphatic hydroxyl groups excluding tert-OH is 2. The van der Waals surface area contributed by atoms with Crippen molar-refractivity contribution in [3.05, 3.63) is 69.5 Å². The summed E-state index contributed by atoms with van der Waals surface area (Å²) in [7, 11) is 0. The SMILES string of the molecule is Cc1ncc(C2=CC=C(N3CCN(C(=O)NCc4ccc(Cl)c(Cl)c4)C[C@H]3CO)CC2O)o1. The molecule has 8 nitrogen and oxygen atoms in total. The molecular formula is C23H26Cl2N4O4. The number of benzene rings is 1. The molecule has 0 saturated carbocycles. The van der Waals surface area contributed by atoms with E-state index in [0.29, 0.717) is 59.9 Å². The van der Waals surface area contributed by atoms with Crippen molar-refractivity contribution in [2.75, 3.05) is 26.2 Å². The summed E-state index contributed by atoms with van der Waals surface area (Å²) in [5, 5.41) is 24.5. The summed E-state index contributed by atoms with van der Waals surface area (Å²) < 4.78 is 5.54. The van der Waals surface area contributed by atoms with E-state index in [0.717, 1.165) is 11.3 Å². The molecule has 1 aliphatic heterocycles. The first-order valence-corrected chi connectivity index (χ1v) is 11.5. The van der Waals surface area contributed by atoms with E-state index < -0.39 is 6.10 Å². The highest BCUT2D eigenvalue weighted by molar-refractivity contribution is 6.42. The first kappa shape index (κ1) is 23.6. The minimum absolute atomic E-state index is 0.109. The Kier molecular flexibility index (Phi) is 7.29. The summed E-state index contributed by atoms with van der Waals surface area (Å²) >= 11 is 12.0. The number of aliphatic hydroxyl groups is 2. The molecule has 2 heterocycles. The quantitative estimate of drug-likeness (QED) is 0.592. The maximum Gasteiger partial charge on any atom is 0.317 e. The highest BCUT2D eigenvalue weighted by Gasteiger charge is 2.32. The molecule has 1 unspecified atom stereocenters. The van der Waals surface area contributed by atoms with Gasteiger partial charge in [0.05, 0.1) is 35.0 Å². The van der Waals surface area contributed by atoms with Gasteiger partial charge in [0.15, 0.2) is 11.7 Å². The number of nitrogens with zero attached hydrogens (tertiary/aromatic N) is 3. The predicted molar refractivity (Wildman–Crippen MR) is 126 cm³/mol. The van der Waals surface area contributed by atoms with E-state index in [9.17, 15) is 15.0 Å². The fourth-order valence-electron chi connectivity index (χ4n) is 4.14. The third-order valence-electron chi connectivity index (χ3n) is 5.90. The number of nitrogens with one attached hydrogen (secondary N) is 1. The largest absolute Gasteiger partial charge is 0.441 e. The number of aromatic nitrogens is 1. The molecule has 2 aromatic rings. The maximum atomic E-state index is 12.7. The molecule has 4 rings (SSSR count). The number of allylic oxidation sites excluding steroid dienone is 2. The van der Waals surface area contributed by atoms with Crippen LogP contribution in [0.4, 0.5) is 4.79 Å². The van der Waals surface area contributed by atoms with Crippen LogP contribution in [-0.4, -0.2) is 69.4 Å². The van der Waals surface area contributed by atoms with Crippen LogP contribution in [0, 0.1) is 6.92 Å². The van der Waals surface area contributed by atoms with Crippen molar-refractivity contribution in [3.8, 4) is 0 Å². The normalized spacial score (nSPS) is 21.0. The molecule has 2 atom stereocenters. The molecule has 1 fully saturated rings. The minimum Gasteiger partial charge on any atom is -0.441 e. The van der Waals surface area contributed by atoms with Crippen LogP contribution in [0.25, 0.3) is 5.57 Å². The second-order valence-electron chi connectivity index (χ2n) is 8.13. The van der Waals surface area contributed by atoms with Crippen LogP contribution >= 0.6 is 23.2 Å². The van der Waals surface area contributed by atoms with Crippen molar-refractivity contribution in [2.24, 2.45) is 0 Å². The molecule has 2 aliphatic rings. The minimum atomic E-state index is -0.732. The van der Waals surface area contributed by atoms with Crippen molar-refractivity contribution >= 4 is 34.8 Å². The second-order valence-corrected chi connectivity index (χ2v) is 8.94. The van der Waals surface area contributed by atoms with E-state index in [1.54, 1.807) is 30.2 Å². The monoisotopic (exact) mass is 492 g/mol. The molecule has 176 valence electrons. The van der Waals surface area contributed by atoms with Gasteiger partial charge in [-0.25, -0.2) is 9.78 Å². The Hall–Kier alpha value is -2.52. The fourth-order valence-corrected chi connectivity index (χ4v) is 4.46. The van der Waals surface area contributed by atoms with Crippen molar-refractivity contribution in [1.29, 1.82) is 0 Å². The Labute approximate surface area is 202 Å². The molecule has 1 aromatic heterocycles. The van der Waals surface area contributed by atoms with Crippen molar-refractivity contribution in [2.45, 2.75) is 32.0 Å². The molecule has 1 saturated heterocycles. The Balaban J connectivity index is 1.38. The second kappa shape index (κ2) is 10.2. The Bertz CT molecular complexity index is 1080. The van der Waals surface area contributed by atoms with Crippen LogP contribution in [0.5, 0.6) is 0 Å². The molecule has 2 amide bonds. The molecule has 0 bridgehead atoms. The summed E-state index contributed by atoms with van der Waals surface area (Å²) in [5.41, 5.74) is 2.44. The van der Waals surface area contributed by atoms with E-state index in [2.05, 4.69) is 15.2 Å². The van der Waals surface area contributed by atoms with E-state index in [-0.39, 0.29) is 18.7 Å². The Morgan fingerprint density at radius 2 is 2.09 bits per heavy atom. The van der Waals surface area contributed by atoms with Gasteiger partial charge in [0.2, 0.25) is 0 Å². The van der Waals surface area contributed by atoms with Crippen molar-refractivity contribution in [1.82, 2.24) is 20.1 Å². The van der Waals surface area contributed by atoms with Gasteiger partial charge in [0.1, 0.15) is 0 Å². The smallest absolute Gasteiger partial charge is 0.317 e. The lowest BCUT2D eigenvalue weighted by atomic mass is 9.95. The zero-order chi connectivity index (χ0) is 23.5. The van der Waals surface area contributed by atoms with Crippen LogP contribution in [-0.2, 0) is 6.54 Å². The van der Waals surface area contributed by atoms with Crippen LogP contribution in [0.3, 0.4) is 0 Å². The lowest BCUT2D eigenvalue weighted by Gasteiger charge is -2.44. The molecule has 0 radical (unpaired) electrons. The first-order valence-electron chi connectivity index (χ1n) is 10.7. The maximum absolute atomic E-state index is 12.7. The van der Waals surface area contributed by atoms with E-state index >= 15 is 0 Å². The van der Waals surface area contributed by atoms with Gasteiger partial charge in [-0.1, -0.05) is 35.3 Å². The summed E-state index contributed by atoms with van der Waals surface area (Å²) in [4.78, 5) is 20.5. The fraction of sp³-hybridized carbons (Fsp3) is 0.391. The molecule has 33 heavy (non-hydrogen) atoms. The lowest BCUT2D eigenvalue weighted by molar-refractivity contribution is 0.0692. The summed E-state index contributed by atoms with van der Waals surface area (Å²) in [6, 6.07) is 4.75. The summed E-state index contributed by atoms with van der Waals surface area (Å²) in [5.74, 6) is 1.10. The zero-order valence-electron chi connectivity index (χ0n) is 18.2. The van der Waals surface area contributed by atoms with E-state index in [4.69, 9.17) is 27.6 Å². The van der Waals surface area contributed by atoms with E-state index in [1.807, 2.05) is 18.2 Å². The molecule has 10 heteroatoms. The van der Waals surface area contributed by atoms with Gasteiger partial charge >= 0.3 is 6.03 Å². The highest BCUT2D eigenvalue weighted by Crippen LogP contribution is 2.31. The number of aryl methyl sites for hydroxylation is 1. The third kappa shape index (κ3) is 5.35. The summed E-state index contributed by atoms with van der Waals surface area (Å²) in [6.07, 6.45) is 5.03. The number of piperazine rings is 1. The standard InChI is InChI=1S/C23H26Cl2N4O4/c1-14-26-11-22(33-14)18-4-3-16(9-21(18)31)29-7-6-28(12-17(29)13-30)23(32)27-10-15-2-5-19(24)20(25)8-15/h2-5,8,11,17,21,30-31H,6-7,9-10,12-13H2,1H3,(H,27,32)/t17-,21?/m0/s1. The van der Waals surface area contributed by atoms with Crippen LogP contribution in [0.1, 0.15) is 23.6 Å². The average molecular weight is 493 g/mol. The number of carbonyl (C=O) groups excluding carboxylic acids is 1. The molecule has 1 aliphatic carbocycles. The number of halogens is 2. The number of hydrogen-bond acceptors (Lipinski definition) is 6. The number of urea groups is 1. The number of rotatable bonds is 5. The van der Waals surface area contributed by atoms with Gasteiger partial charge in [-0.3, -0.25) is 0 Å². The highest BCUT2D eigenvalue weighted by atomic mass is 35.5. The van der Waals surface area contributed by atoms with Crippen LogP contribution < -0.4 is 5.32 Å². The van der Waals surface area contributed by atoms with Gasteiger partial charge in [0, 0.05) is 50.8 Å². The van der Waals surface area contributed by atoms with Crippen LogP contribution in [0.15, 0.2) is 46.7 Å². The predicted octanol–water partition coefficient (Wildman–Crippen LogP) is 3.21. The Morgan fingerprint density at radius 3 is 2.76 bits per heavy atom. The number of oxazole rings is 1. The van der Waals surface area contributed by atoms with Gasteiger partial charge < -0.3 is 29.7 Å². The first-order chi connectivity index (χ1) is 15.9. The molecular weight excluding hydrogens is 467 g/mol. The topological polar surface area (TPSA) is 102 Å². The number of amides is 2. The Morgan fingerprint density at radius 1 is 1.27 bits per heavy atom. The third-order valence-corrected chi connectivity index (χ3v) is 6.64. The average Bonchev–Trinajstić information content (AvgIpc) is 3.25. The molecule has 1 aromatic carbocycles. The van der Waals surface area contributed by atoms with E-state index in [1.165, 1.54) is 0 Å². The van der Waals surface area contributed by atoms with Crippen LogP contribution in [0.2, 0.25) is 10.0 Å². The van der Waals surface area contributed by atoms with Gasteiger partial charge in [-0.2, -0.15) is 0 Å². The van der Waals surface area contributed by atoms with Gasteiger partial charge in [-0.15, -0.1) is 0 Å². The van der Waals surface area contributed by atoms with Gasteiger partial charge in [-0.05, 0) is 23.8 Å². The van der Waals surface area contributed by atoms with Gasteiger partial charge in [0.25, 0.3) is 0 Å². The van der Waals surface area contributed by atoms with Crippen molar-refractivity contribution in [3.63, 3.8) is 0 Å². The lowest BCUT2D eigenvalue weighted by Crippen LogP contribution is -2.57. The zero-order valence-corrected chi connectivity index (χ0v) is 19.7. The molecule has 0 spiro atoms.